The zero-order chi connectivity index (χ0) is 13.8. The molecule has 2 aromatic rings. The van der Waals surface area contributed by atoms with Crippen LogP contribution in [0.5, 0.6) is 0 Å². The third kappa shape index (κ3) is 2.81. The number of rotatable bonds is 3. The molecule has 1 amide bonds. The Morgan fingerprint density at radius 2 is 2.05 bits per heavy atom. The van der Waals surface area contributed by atoms with E-state index in [0.29, 0.717) is 12.1 Å². The van der Waals surface area contributed by atoms with Crippen LogP contribution in [0.25, 0.3) is 0 Å². The van der Waals surface area contributed by atoms with Gasteiger partial charge in [-0.15, -0.1) is 0 Å². The number of nitrogens with zero attached hydrogens (tertiary/aromatic N) is 2. The fourth-order valence-electron chi connectivity index (χ4n) is 2.07. The highest BCUT2D eigenvalue weighted by atomic mass is 16.2. The zero-order valence-corrected chi connectivity index (χ0v) is 11.6. The quantitative estimate of drug-likeness (QED) is 0.841. The summed E-state index contributed by atoms with van der Waals surface area (Å²) in [5.41, 5.74) is 3.68. The molecular formula is C16H18N2O. The van der Waals surface area contributed by atoms with E-state index >= 15 is 0 Å². The summed E-state index contributed by atoms with van der Waals surface area (Å²) in [6.45, 7) is 6.57. The first-order valence-corrected chi connectivity index (χ1v) is 6.42. The molecule has 0 aliphatic heterocycles. The molecule has 0 saturated carbocycles. The minimum absolute atomic E-state index is 0.00120. The Hall–Kier alpha value is -2.16. The number of amides is 1. The largest absolute Gasteiger partial charge is 0.309 e. The minimum Gasteiger partial charge on any atom is -0.309 e. The Morgan fingerprint density at radius 1 is 1.26 bits per heavy atom. The van der Waals surface area contributed by atoms with Crippen LogP contribution in [0.3, 0.4) is 0 Å². The maximum absolute atomic E-state index is 12.6. The van der Waals surface area contributed by atoms with Gasteiger partial charge in [0, 0.05) is 24.6 Å². The SMILES string of the molecule is CCN(C(=O)c1cnccc1C)c1cccc(C)c1. The van der Waals surface area contributed by atoms with Crippen molar-refractivity contribution in [3.05, 3.63) is 59.4 Å². The number of carbonyl (C=O) groups excluding carboxylic acids is 1. The average Bonchev–Trinajstić information content (AvgIpc) is 2.40. The highest BCUT2D eigenvalue weighted by Crippen LogP contribution is 2.19. The lowest BCUT2D eigenvalue weighted by Crippen LogP contribution is -2.31. The zero-order valence-electron chi connectivity index (χ0n) is 11.6. The number of hydrogen-bond donors (Lipinski definition) is 0. The Balaban J connectivity index is 2.38. The maximum Gasteiger partial charge on any atom is 0.260 e. The molecule has 0 radical (unpaired) electrons. The standard InChI is InChI=1S/C16H18N2O/c1-4-18(14-7-5-6-12(2)10-14)16(19)15-11-17-9-8-13(15)3/h5-11H,4H2,1-3H3. The Labute approximate surface area is 113 Å². The summed E-state index contributed by atoms with van der Waals surface area (Å²) in [6, 6.07) is 9.83. The Kier molecular flexibility index (Phi) is 3.95. The van der Waals surface area contributed by atoms with Gasteiger partial charge in [-0.3, -0.25) is 9.78 Å². The summed E-state index contributed by atoms with van der Waals surface area (Å²) in [5.74, 6) is -0.00120. The van der Waals surface area contributed by atoms with Crippen LogP contribution in [0, 0.1) is 13.8 Å². The van der Waals surface area contributed by atoms with Crippen LogP contribution >= 0.6 is 0 Å². The molecule has 19 heavy (non-hydrogen) atoms. The van der Waals surface area contributed by atoms with Crippen LogP contribution in [0.15, 0.2) is 42.7 Å². The van der Waals surface area contributed by atoms with Crippen molar-refractivity contribution < 1.29 is 4.79 Å². The molecule has 0 spiro atoms. The van der Waals surface area contributed by atoms with E-state index in [1.54, 1.807) is 17.3 Å². The topological polar surface area (TPSA) is 33.2 Å². The van der Waals surface area contributed by atoms with Crippen LogP contribution in [0.1, 0.15) is 28.4 Å². The molecule has 1 heterocycles. The van der Waals surface area contributed by atoms with Gasteiger partial charge in [-0.05, 0) is 50.1 Å². The van der Waals surface area contributed by atoms with Crippen molar-refractivity contribution in [3.8, 4) is 0 Å². The summed E-state index contributed by atoms with van der Waals surface area (Å²) < 4.78 is 0. The van der Waals surface area contributed by atoms with Crippen LogP contribution in [0.4, 0.5) is 5.69 Å². The van der Waals surface area contributed by atoms with Gasteiger partial charge in [0.15, 0.2) is 0 Å². The first kappa shape index (κ1) is 13.3. The number of anilines is 1. The minimum atomic E-state index is -0.00120. The van der Waals surface area contributed by atoms with Gasteiger partial charge < -0.3 is 4.90 Å². The second-order valence-electron chi connectivity index (χ2n) is 4.58. The summed E-state index contributed by atoms with van der Waals surface area (Å²) in [5, 5.41) is 0. The molecule has 0 bridgehead atoms. The van der Waals surface area contributed by atoms with E-state index in [1.165, 1.54) is 0 Å². The Morgan fingerprint density at radius 3 is 2.68 bits per heavy atom. The van der Waals surface area contributed by atoms with E-state index in [-0.39, 0.29) is 5.91 Å². The molecule has 0 atom stereocenters. The van der Waals surface area contributed by atoms with Crippen LogP contribution in [-0.4, -0.2) is 17.4 Å². The van der Waals surface area contributed by atoms with E-state index in [1.807, 2.05) is 51.1 Å². The first-order chi connectivity index (χ1) is 9.13. The number of benzene rings is 1. The highest BCUT2D eigenvalue weighted by Gasteiger charge is 2.17. The fourth-order valence-corrected chi connectivity index (χ4v) is 2.07. The van der Waals surface area contributed by atoms with Crippen LogP contribution < -0.4 is 4.90 Å². The summed E-state index contributed by atoms with van der Waals surface area (Å²) in [6.07, 6.45) is 3.34. The number of pyridine rings is 1. The van der Waals surface area contributed by atoms with Gasteiger partial charge in [0.1, 0.15) is 0 Å². The van der Waals surface area contributed by atoms with Gasteiger partial charge in [-0.2, -0.15) is 0 Å². The predicted octanol–water partition coefficient (Wildman–Crippen LogP) is 3.37. The van der Waals surface area contributed by atoms with Gasteiger partial charge in [-0.1, -0.05) is 12.1 Å². The summed E-state index contributed by atoms with van der Waals surface area (Å²) in [4.78, 5) is 18.4. The van der Waals surface area contributed by atoms with Crippen molar-refractivity contribution in [3.63, 3.8) is 0 Å². The predicted molar refractivity (Wildman–Crippen MR) is 77.5 cm³/mol. The molecule has 0 N–H and O–H groups in total. The van der Waals surface area contributed by atoms with Crippen molar-refractivity contribution in [2.75, 3.05) is 11.4 Å². The Bertz CT molecular complexity index is 593. The third-order valence-corrected chi connectivity index (χ3v) is 3.14. The molecule has 2 rings (SSSR count). The lowest BCUT2D eigenvalue weighted by atomic mass is 10.1. The second-order valence-corrected chi connectivity index (χ2v) is 4.58. The number of aromatic nitrogens is 1. The number of hydrogen-bond acceptors (Lipinski definition) is 2. The van der Waals surface area contributed by atoms with Gasteiger partial charge in [0.2, 0.25) is 0 Å². The normalized spacial score (nSPS) is 10.3. The summed E-state index contributed by atoms with van der Waals surface area (Å²) in [7, 11) is 0. The lowest BCUT2D eigenvalue weighted by Gasteiger charge is -2.22. The molecule has 1 aromatic heterocycles. The van der Waals surface area contributed by atoms with Gasteiger partial charge in [0.05, 0.1) is 5.56 Å². The van der Waals surface area contributed by atoms with Crippen LogP contribution in [-0.2, 0) is 0 Å². The fraction of sp³-hybridized carbons (Fsp3) is 0.250. The smallest absolute Gasteiger partial charge is 0.260 e. The van der Waals surface area contributed by atoms with E-state index in [9.17, 15) is 4.79 Å². The van der Waals surface area contributed by atoms with Crippen molar-refractivity contribution in [2.45, 2.75) is 20.8 Å². The van der Waals surface area contributed by atoms with Crippen molar-refractivity contribution in [2.24, 2.45) is 0 Å². The maximum atomic E-state index is 12.6. The lowest BCUT2D eigenvalue weighted by molar-refractivity contribution is 0.0987. The molecule has 0 fully saturated rings. The van der Waals surface area contributed by atoms with Gasteiger partial charge >= 0.3 is 0 Å². The van der Waals surface area contributed by atoms with Crippen molar-refractivity contribution in [1.82, 2.24) is 4.98 Å². The number of aryl methyl sites for hydroxylation is 2. The third-order valence-electron chi connectivity index (χ3n) is 3.14. The van der Waals surface area contributed by atoms with Crippen molar-refractivity contribution in [1.29, 1.82) is 0 Å². The van der Waals surface area contributed by atoms with E-state index < -0.39 is 0 Å². The molecule has 0 aliphatic carbocycles. The molecule has 0 unspecified atom stereocenters. The van der Waals surface area contributed by atoms with E-state index in [0.717, 1.165) is 16.8 Å². The number of carbonyl (C=O) groups is 1. The van der Waals surface area contributed by atoms with Gasteiger partial charge in [-0.25, -0.2) is 0 Å². The molecule has 3 nitrogen and oxygen atoms in total. The molecule has 98 valence electrons. The molecule has 1 aromatic carbocycles. The molecule has 3 heteroatoms. The highest BCUT2D eigenvalue weighted by molar-refractivity contribution is 6.06. The van der Waals surface area contributed by atoms with E-state index in [2.05, 4.69) is 4.98 Å². The van der Waals surface area contributed by atoms with Crippen LogP contribution in [0.2, 0.25) is 0 Å². The molecule has 0 saturated heterocycles. The molecule has 0 aliphatic rings. The monoisotopic (exact) mass is 254 g/mol. The average molecular weight is 254 g/mol. The van der Waals surface area contributed by atoms with E-state index in [4.69, 9.17) is 0 Å². The molecular weight excluding hydrogens is 236 g/mol. The van der Waals surface area contributed by atoms with Crippen molar-refractivity contribution >= 4 is 11.6 Å². The summed E-state index contributed by atoms with van der Waals surface area (Å²) >= 11 is 0. The second kappa shape index (κ2) is 5.65. The first-order valence-electron chi connectivity index (χ1n) is 6.42. The van der Waals surface area contributed by atoms with Gasteiger partial charge in [0.25, 0.3) is 5.91 Å².